The molecular weight excluding hydrogens is 223 g/mol. The number of nitrogens with two attached hydrogens (primary N) is 1. The van der Waals surface area contributed by atoms with Crippen molar-refractivity contribution < 1.29 is 13.9 Å². The third-order valence-electron chi connectivity index (χ3n) is 2.85. The van der Waals surface area contributed by atoms with Gasteiger partial charge in [-0.15, -0.1) is 0 Å². The summed E-state index contributed by atoms with van der Waals surface area (Å²) in [5.41, 5.74) is 5.78. The Morgan fingerprint density at radius 2 is 2.29 bits per heavy atom. The fourth-order valence-electron chi connectivity index (χ4n) is 1.69. The van der Waals surface area contributed by atoms with Crippen LogP contribution in [0, 0.1) is 11.2 Å². The average Bonchev–Trinajstić information content (AvgIpc) is 2.25. The molecule has 1 amide bonds. The van der Waals surface area contributed by atoms with Crippen molar-refractivity contribution in [3.8, 4) is 0 Å². The minimum absolute atomic E-state index is 0.0926. The van der Waals surface area contributed by atoms with Gasteiger partial charge in [0, 0.05) is 17.6 Å². The Morgan fingerprint density at radius 1 is 1.59 bits per heavy atom. The van der Waals surface area contributed by atoms with E-state index >= 15 is 0 Å². The molecule has 4 nitrogen and oxygen atoms in total. The van der Waals surface area contributed by atoms with E-state index in [4.69, 9.17) is 10.5 Å². The Morgan fingerprint density at radius 3 is 2.82 bits per heavy atom. The van der Waals surface area contributed by atoms with Crippen molar-refractivity contribution in [3.63, 3.8) is 0 Å². The predicted octanol–water partition coefficient (Wildman–Crippen LogP) is 1.37. The van der Waals surface area contributed by atoms with Crippen LogP contribution in [0.5, 0.6) is 0 Å². The zero-order valence-electron chi connectivity index (χ0n) is 9.63. The van der Waals surface area contributed by atoms with E-state index in [2.05, 4.69) is 12.2 Å². The Bertz CT molecular complexity index is 444. The molecule has 3 N–H and O–H groups in total. The minimum atomic E-state index is -0.760. The number of ether oxygens (including phenoxy) is 1. The van der Waals surface area contributed by atoms with Crippen molar-refractivity contribution in [2.45, 2.75) is 6.92 Å². The Balaban J connectivity index is 2.06. The highest BCUT2D eigenvalue weighted by molar-refractivity contribution is 5.94. The molecule has 1 saturated heterocycles. The lowest BCUT2D eigenvalue weighted by Crippen LogP contribution is -2.45. The molecule has 0 radical (unpaired) electrons. The van der Waals surface area contributed by atoms with Crippen LogP contribution in [-0.2, 0) is 4.74 Å². The van der Waals surface area contributed by atoms with E-state index in [0.29, 0.717) is 18.9 Å². The fourth-order valence-corrected chi connectivity index (χ4v) is 1.69. The molecule has 1 aromatic carbocycles. The van der Waals surface area contributed by atoms with Gasteiger partial charge in [-0.1, -0.05) is 6.92 Å². The summed E-state index contributed by atoms with van der Waals surface area (Å²) in [7, 11) is 0. The van der Waals surface area contributed by atoms with Gasteiger partial charge in [0.05, 0.1) is 18.8 Å². The van der Waals surface area contributed by atoms with Crippen molar-refractivity contribution in [3.05, 3.63) is 29.6 Å². The number of carbonyl (C=O) groups excluding carboxylic acids is 1. The van der Waals surface area contributed by atoms with Crippen LogP contribution in [0.1, 0.15) is 17.3 Å². The zero-order chi connectivity index (χ0) is 12.5. The molecular formula is C12H15FN2O2. The number of amides is 1. The van der Waals surface area contributed by atoms with Gasteiger partial charge in [-0.05, 0) is 18.2 Å². The molecule has 17 heavy (non-hydrogen) atoms. The van der Waals surface area contributed by atoms with E-state index in [0.717, 1.165) is 6.54 Å². The summed E-state index contributed by atoms with van der Waals surface area (Å²) in [6, 6.07) is 4.26. The standard InChI is InChI=1S/C12H15FN2O2/c1-12(6-17-7-12)5-15-8-2-3-10(13)9(4-8)11(14)16/h2-4,15H,5-7H2,1H3,(H2,14,16). The van der Waals surface area contributed by atoms with E-state index in [1.54, 1.807) is 6.07 Å². The van der Waals surface area contributed by atoms with Crippen LogP contribution in [0.3, 0.4) is 0 Å². The van der Waals surface area contributed by atoms with Crippen LogP contribution in [0.15, 0.2) is 18.2 Å². The number of halogens is 1. The average molecular weight is 238 g/mol. The molecule has 1 aliphatic heterocycles. The van der Waals surface area contributed by atoms with Crippen LogP contribution in [0.25, 0.3) is 0 Å². The molecule has 2 rings (SSSR count). The summed E-state index contributed by atoms with van der Waals surface area (Å²) < 4.78 is 18.4. The maximum absolute atomic E-state index is 13.2. The second-order valence-electron chi connectivity index (χ2n) is 4.72. The predicted molar refractivity (Wildman–Crippen MR) is 62.3 cm³/mol. The molecule has 1 fully saturated rings. The molecule has 0 atom stereocenters. The number of anilines is 1. The summed E-state index contributed by atoms with van der Waals surface area (Å²) >= 11 is 0. The highest BCUT2D eigenvalue weighted by Crippen LogP contribution is 2.27. The van der Waals surface area contributed by atoms with Gasteiger partial charge in [0.15, 0.2) is 0 Å². The normalized spacial score (nSPS) is 17.3. The topological polar surface area (TPSA) is 64.3 Å². The summed E-state index contributed by atoms with van der Waals surface area (Å²) in [5, 5.41) is 3.16. The van der Waals surface area contributed by atoms with Gasteiger partial charge in [0.1, 0.15) is 5.82 Å². The van der Waals surface area contributed by atoms with Gasteiger partial charge in [-0.2, -0.15) is 0 Å². The molecule has 0 unspecified atom stereocenters. The number of nitrogens with one attached hydrogen (secondary N) is 1. The van der Waals surface area contributed by atoms with Gasteiger partial charge < -0.3 is 15.8 Å². The molecule has 0 aromatic heterocycles. The third-order valence-corrected chi connectivity index (χ3v) is 2.85. The molecule has 1 heterocycles. The number of hydrogen-bond acceptors (Lipinski definition) is 3. The maximum atomic E-state index is 13.2. The highest BCUT2D eigenvalue weighted by atomic mass is 19.1. The van der Waals surface area contributed by atoms with Crippen LogP contribution in [0.2, 0.25) is 0 Å². The first-order valence-electron chi connectivity index (χ1n) is 5.41. The summed E-state index contributed by atoms with van der Waals surface area (Å²) in [5.74, 6) is -1.36. The molecule has 1 aliphatic rings. The van der Waals surface area contributed by atoms with Crippen LogP contribution < -0.4 is 11.1 Å². The van der Waals surface area contributed by atoms with E-state index < -0.39 is 11.7 Å². The zero-order valence-corrected chi connectivity index (χ0v) is 9.63. The number of primary amides is 1. The molecule has 0 saturated carbocycles. The van der Waals surface area contributed by atoms with Crippen LogP contribution in [0.4, 0.5) is 10.1 Å². The first-order valence-corrected chi connectivity index (χ1v) is 5.41. The Kier molecular flexibility index (Phi) is 3.02. The number of benzene rings is 1. The summed E-state index contributed by atoms with van der Waals surface area (Å²) in [4.78, 5) is 11.0. The fraction of sp³-hybridized carbons (Fsp3) is 0.417. The lowest BCUT2D eigenvalue weighted by Gasteiger charge is -2.38. The van der Waals surface area contributed by atoms with Gasteiger partial charge in [-0.3, -0.25) is 4.79 Å². The molecule has 0 aliphatic carbocycles. The lowest BCUT2D eigenvalue weighted by atomic mass is 9.88. The van der Waals surface area contributed by atoms with Crippen molar-refractivity contribution >= 4 is 11.6 Å². The largest absolute Gasteiger partial charge is 0.384 e. The van der Waals surface area contributed by atoms with E-state index in [-0.39, 0.29) is 11.0 Å². The second kappa shape index (κ2) is 4.33. The van der Waals surface area contributed by atoms with Crippen LogP contribution >= 0.6 is 0 Å². The number of rotatable bonds is 4. The molecule has 0 spiro atoms. The van der Waals surface area contributed by atoms with E-state index in [1.807, 2.05) is 0 Å². The maximum Gasteiger partial charge on any atom is 0.251 e. The van der Waals surface area contributed by atoms with E-state index in [9.17, 15) is 9.18 Å². The minimum Gasteiger partial charge on any atom is -0.384 e. The summed E-state index contributed by atoms with van der Waals surface area (Å²) in [6.45, 7) is 4.24. The van der Waals surface area contributed by atoms with Crippen molar-refractivity contribution in [1.29, 1.82) is 0 Å². The highest BCUT2D eigenvalue weighted by Gasteiger charge is 2.32. The summed E-state index contributed by atoms with van der Waals surface area (Å²) in [6.07, 6.45) is 0. The van der Waals surface area contributed by atoms with Crippen LogP contribution in [-0.4, -0.2) is 25.7 Å². The molecule has 1 aromatic rings. The second-order valence-corrected chi connectivity index (χ2v) is 4.72. The number of hydrogen-bond donors (Lipinski definition) is 2. The quantitative estimate of drug-likeness (QED) is 0.832. The van der Waals surface area contributed by atoms with Crippen molar-refractivity contribution in [1.82, 2.24) is 0 Å². The van der Waals surface area contributed by atoms with Gasteiger partial charge in [0.2, 0.25) is 0 Å². The van der Waals surface area contributed by atoms with Crippen molar-refractivity contribution in [2.75, 3.05) is 25.1 Å². The monoisotopic (exact) mass is 238 g/mol. The lowest BCUT2D eigenvalue weighted by molar-refractivity contribution is -0.0924. The van der Waals surface area contributed by atoms with Gasteiger partial charge in [-0.25, -0.2) is 4.39 Å². The first kappa shape index (κ1) is 11.9. The molecule has 92 valence electrons. The van der Waals surface area contributed by atoms with Gasteiger partial charge >= 0.3 is 0 Å². The number of carbonyl (C=O) groups is 1. The Hall–Kier alpha value is -1.62. The molecule has 5 heteroatoms. The first-order chi connectivity index (χ1) is 8.00. The van der Waals surface area contributed by atoms with Crippen molar-refractivity contribution in [2.24, 2.45) is 11.1 Å². The SMILES string of the molecule is CC1(CNc2ccc(F)c(C(N)=O)c2)COC1. The molecule has 0 bridgehead atoms. The smallest absolute Gasteiger partial charge is 0.251 e. The van der Waals surface area contributed by atoms with Gasteiger partial charge in [0.25, 0.3) is 5.91 Å². The third kappa shape index (κ3) is 2.55. The Labute approximate surface area is 98.9 Å². The van der Waals surface area contributed by atoms with E-state index in [1.165, 1.54) is 12.1 Å².